The molecule has 0 heterocycles. The number of carboxylic acids is 1. The van der Waals surface area contributed by atoms with Gasteiger partial charge in [-0.25, -0.2) is 4.79 Å². The number of hydrogen-bond donors (Lipinski definition) is 2. The molecule has 0 spiro atoms. The summed E-state index contributed by atoms with van der Waals surface area (Å²) in [7, 11) is 0. The average Bonchev–Trinajstić information content (AvgIpc) is 2.46. The first-order valence-corrected chi connectivity index (χ1v) is 5.08. The molecule has 0 aliphatic heterocycles. The number of benzene rings is 1. The van der Waals surface area contributed by atoms with E-state index in [0.717, 1.165) is 10.0 Å². The lowest BCUT2D eigenvalue weighted by Gasteiger charge is -2.18. The monoisotopic (exact) mass is 256 g/mol. The van der Waals surface area contributed by atoms with Crippen molar-refractivity contribution in [2.45, 2.75) is 18.4 Å². The molecule has 1 unspecified atom stereocenters. The molecule has 0 saturated heterocycles. The fraction of sp³-hybridized carbons (Fsp3) is 0.300. The third kappa shape index (κ3) is 1.26. The van der Waals surface area contributed by atoms with Crippen LogP contribution in [0.25, 0.3) is 0 Å². The van der Waals surface area contributed by atoms with Crippen LogP contribution in [0.15, 0.2) is 22.7 Å². The number of carboxylic acid groups (broad SMARTS) is 1. The van der Waals surface area contributed by atoms with E-state index in [9.17, 15) is 9.90 Å². The van der Waals surface area contributed by atoms with E-state index in [0.29, 0.717) is 12.0 Å². The number of carbonyl (C=O) groups is 1. The first-order valence-electron chi connectivity index (χ1n) is 4.29. The first kappa shape index (κ1) is 9.68. The van der Waals surface area contributed by atoms with Crippen LogP contribution in [0, 0.1) is 0 Å². The van der Waals surface area contributed by atoms with Gasteiger partial charge in [0.15, 0.2) is 5.60 Å². The zero-order valence-electron chi connectivity index (χ0n) is 7.33. The van der Waals surface area contributed by atoms with Crippen molar-refractivity contribution in [3.05, 3.63) is 33.8 Å². The van der Waals surface area contributed by atoms with Crippen LogP contribution in [-0.4, -0.2) is 16.2 Å². The number of rotatable bonds is 1. The minimum atomic E-state index is -1.70. The van der Waals surface area contributed by atoms with Crippen molar-refractivity contribution < 1.29 is 15.0 Å². The van der Waals surface area contributed by atoms with E-state index >= 15 is 0 Å². The molecule has 2 rings (SSSR count). The van der Waals surface area contributed by atoms with Crippen LogP contribution >= 0.6 is 15.9 Å². The third-order valence-electron chi connectivity index (χ3n) is 2.63. The topological polar surface area (TPSA) is 57.5 Å². The van der Waals surface area contributed by atoms with Crippen LogP contribution in [0.5, 0.6) is 0 Å². The highest BCUT2D eigenvalue weighted by molar-refractivity contribution is 9.10. The van der Waals surface area contributed by atoms with Gasteiger partial charge in [0, 0.05) is 4.47 Å². The van der Waals surface area contributed by atoms with Gasteiger partial charge in [-0.1, -0.05) is 22.0 Å². The summed E-state index contributed by atoms with van der Waals surface area (Å²) in [4.78, 5) is 10.9. The summed E-state index contributed by atoms with van der Waals surface area (Å²) in [6.45, 7) is 0. The van der Waals surface area contributed by atoms with Gasteiger partial charge < -0.3 is 10.2 Å². The van der Waals surface area contributed by atoms with Gasteiger partial charge in [-0.15, -0.1) is 0 Å². The van der Waals surface area contributed by atoms with E-state index in [4.69, 9.17) is 5.11 Å². The van der Waals surface area contributed by atoms with Gasteiger partial charge in [-0.05, 0) is 36.1 Å². The average molecular weight is 257 g/mol. The van der Waals surface area contributed by atoms with E-state index in [1.54, 1.807) is 6.07 Å². The van der Waals surface area contributed by atoms with Crippen LogP contribution in [0.2, 0.25) is 0 Å². The van der Waals surface area contributed by atoms with Crippen molar-refractivity contribution in [1.82, 2.24) is 0 Å². The van der Waals surface area contributed by atoms with E-state index in [-0.39, 0.29) is 6.42 Å². The molecule has 1 atom stereocenters. The van der Waals surface area contributed by atoms with Gasteiger partial charge >= 0.3 is 5.97 Å². The number of aliphatic hydroxyl groups is 1. The standard InChI is InChI=1S/C10H9BrO3/c11-7-2-1-6-3-4-10(14,9(12)13)8(6)5-7/h1-2,5,14H,3-4H2,(H,12,13). The maximum absolute atomic E-state index is 10.9. The lowest BCUT2D eigenvalue weighted by Crippen LogP contribution is -2.32. The SMILES string of the molecule is O=C(O)C1(O)CCc2ccc(Br)cc21. The van der Waals surface area contributed by atoms with E-state index < -0.39 is 11.6 Å². The molecule has 1 aromatic rings. The third-order valence-corrected chi connectivity index (χ3v) is 3.12. The molecule has 14 heavy (non-hydrogen) atoms. The second kappa shape index (κ2) is 3.07. The highest BCUT2D eigenvalue weighted by Crippen LogP contribution is 2.38. The molecular formula is C10H9BrO3. The molecule has 0 fully saturated rings. The second-order valence-electron chi connectivity index (χ2n) is 3.47. The predicted octanol–water partition coefficient (Wildman–Crippen LogP) is 1.67. The molecule has 1 aromatic carbocycles. The maximum atomic E-state index is 10.9. The van der Waals surface area contributed by atoms with Crippen molar-refractivity contribution >= 4 is 21.9 Å². The van der Waals surface area contributed by atoms with Crippen LogP contribution in [0.4, 0.5) is 0 Å². The van der Waals surface area contributed by atoms with Crippen molar-refractivity contribution in [2.75, 3.05) is 0 Å². The minimum absolute atomic E-state index is 0.258. The Morgan fingerprint density at radius 1 is 1.50 bits per heavy atom. The molecule has 0 amide bonds. The number of aliphatic carboxylic acids is 1. The summed E-state index contributed by atoms with van der Waals surface area (Å²) in [6, 6.07) is 5.38. The lowest BCUT2D eigenvalue weighted by atomic mass is 9.96. The van der Waals surface area contributed by atoms with Gasteiger partial charge in [0.2, 0.25) is 0 Å². The molecule has 0 aromatic heterocycles. The Balaban J connectivity index is 2.58. The fourth-order valence-electron chi connectivity index (χ4n) is 1.82. The van der Waals surface area contributed by atoms with Crippen LogP contribution in [0.1, 0.15) is 17.5 Å². The van der Waals surface area contributed by atoms with Gasteiger partial charge in [-0.3, -0.25) is 0 Å². The molecule has 0 radical (unpaired) electrons. The normalized spacial score (nSPS) is 24.7. The molecule has 1 aliphatic carbocycles. The summed E-state index contributed by atoms with van der Waals surface area (Å²) in [5.41, 5.74) is -0.267. The summed E-state index contributed by atoms with van der Waals surface area (Å²) in [6.07, 6.45) is 0.875. The van der Waals surface area contributed by atoms with Crippen LogP contribution in [-0.2, 0) is 16.8 Å². The Bertz CT molecular complexity index is 402. The summed E-state index contributed by atoms with van der Waals surface area (Å²) < 4.78 is 0.790. The summed E-state index contributed by atoms with van der Waals surface area (Å²) >= 11 is 3.26. The molecule has 2 N–H and O–H groups in total. The van der Waals surface area contributed by atoms with E-state index in [1.165, 1.54) is 0 Å². The van der Waals surface area contributed by atoms with Crippen molar-refractivity contribution in [3.8, 4) is 0 Å². The van der Waals surface area contributed by atoms with Gasteiger partial charge in [-0.2, -0.15) is 0 Å². The van der Waals surface area contributed by atoms with Crippen LogP contribution < -0.4 is 0 Å². The minimum Gasteiger partial charge on any atom is -0.479 e. The Hall–Kier alpha value is -0.870. The highest BCUT2D eigenvalue weighted by Gasteiger charge is 2.43. The number of hydrogen-bond acceptors (Lipinski definition) is 2. The lowest BCUT2D eigenvalue weighted by molar-refractivity contribution is -0.159. The van der Waals surface area contributed by atoms with Gasteiger partial charge in [0.1, 0.15) is 0 Å². The van der Waals surface area contributed by atoms with Gasteiger partial charge in [0.05, 0.1) is 0 Å². The van der Waals surface area contributed by atoms with Crippen molar-refractivity contribution in [1.29, 1.82) is 0 Å². The van der Waals surface area contributed by atoms with Crippen molar-refractivity contribution in [2.24, 2.45) is 0 Å². The molecular weight excluding hydrogens is 248 g/mol. The molecule has 0 bridgehead atoms. The fourth-order valence-corrected chi connectivity index (χ4v) is 2.19. The number of aryl methyl sites for hydroxylation is 1. The molecule has 4 heteroatoms. The largest absolute Gasteiger partial charge is 0.479 e. The maximum Gasteiger partial charge on any atom is 0.340 e. The quantitative estimate of drug-likeness (QED) is 0.804. The Kier molecular flexibility index (Phi) is 2.12. The van der Waals surface area contributed by atoms with Crippen molar-refractivity contribution in [3.63, 3.8) is 0 Å². The number of fused-ring (bicyclic) bond motifs is 1. The Labute approximate surface area is 89.5 Å². The Morgan fingerprint density at radius 2 is 2.21 bits per heavy atom. The molecule has 0 saturated carbocycles. The highest BCUT2D eigenvalue weighted by atomic mass is 79.9. The van der Waals surface area contributed by atoms with E-state index in [2.05, 4.69) is 15.9 Å². The first-order chi connectivity index (χ1) is 6.54. The second-order valence-corrected chi connectivity index (χ2v) is 4.38. The Morgan fingerprint density at radius 3 is 2.86 bits per heavy atom. The zero-order chi connectivity index (χ0) is 10.3. The molecule has 3 nitrogen and oxygen atoms in total. The van der Waals surface area contributed by atoms with E-state index in [1.807, 2.05) is 12.1 Å². The van der Waals surface area contributed by atoms with Crippen LogP contribution in [0.3, 0.4) is 0 Å². The summed E-state index contributed by atoms with van der Waals surface area (Å²) in [5.74, 6) is -1.17. The number of halogens is 1. The molecule has 1 aliphatic rings. The summed E-state index contributed by atoms with van der Waals surface area (Å²) in [5, 5.41) is 18.9. The smallest absolute Gasteiger partial charge is 0.340 e. The molecule has 74 valence electrons. The van der Waals surface area contributed by atoms with Gasteiger partial charge in [0.25, 0.3) is 0 Å². The predicted molar refractivity (Wildman–Crippen MR) is 54.0 cm³/mol. The zero-order valence-corrected chi connectivity index (χ0v) is 8.91.